The van der Waals surface area contributed by atoms with E-state index in [1.54, 1.807) is 6.07 Å². The smallest absolute Gasteiger partial charge is 0.305 e. The Morgan fingerprint density at radius 2 is 2.17 bits per heavy atom. The Kier molecular flexibility index (Phi) is 5.18. The molecule has 0 saturated heterocycles. The second kappa shape index (κ2) is 6.42. The van der Waals surface area contributed by atoms with E-state index in [1.165, 1.54) is 12.1 Å². The Balaban J connectivity index is 2.63. The minimum atomic E-state index is -0.757. The van der Waals surface area contributed by atoms with Crippen molar-refractivity contribution in [2.75, 3.05) is 20.6 Å². The normalized spacial score (nSPS) is 12.7. The van der Waals surface area contributed by atoms with Gasteiger partial charge in [0.05, 0.1) is 4.92 Å². The van der Waals surface area contributed by atoms with Gasteiger partial charge in [0.2, 0.25) is 5.82 Å². The highest BCUT2D eigenvalue weighted by Crippen LogP contribution is 2.19. The molecule has 6 heteroatoms. The van der Waals surface area contributed by atoms with E-state index in [0.29, 0.717) is 18.2 Å². The summed E-state index contributed by atoms with van der Waals surface area (Å²) in [6.45, 7) is 3.01. The summed E-state index contributed by atoms with van der Waals surface area (Å²) >= 11 is 0. The number of hydrogen-bond acceptors (Lipinski definition) is 4. The van der Waals surface area contributed by atoms with Crippen LogP contribution in [0.25, 0.3) is 0 Å². The van der Waals surface area contributed by atoms with Crippen molar-refractivity contribution in [1.82, 2.24) is 10.2 Å². The number of nitrogens with one attached hydrogen (secondary N) is 1. The van der Waals surface area contributed by atoms with Crippen molar-refractivity contribution < 1.29 is 9.31 Å². The molecule has 0 fully saturated rings. The van der Waals surface area contributed by atoms with Gasteiger partial charge < -0.3 is 10.2 Å². The lowest BCUT2D eigenvalue weighted by Gasteiger charge is -2.20. The van der Waals surface area contributed by atoms with Crippen LogP contribution in [0.4, 0.5) is 10.1 Å². The summed E-state index contributed by atoms with van der Waals surface area (Å²) in [5, 5.41) is 13.7. The molecule has 1 aromatic rings. The number of halogens is 1. The molecular formula is C12H18FN3O2. The zero-order valence-corrected chi connectivity index (χ0v) is 10.8. The highest BCUT2D eigenvalue weighted by molar-refractivity contribution is 5.36. The zero-order chi connectivity index (χ0) is 13.7. The van der Waals surface area contributed by atoms with Gasteiger partial charge in [0, 0.05) is 30.8 Å². The molecule has 0 radical (unpaired) electrons. The average molecular weight is 255 g/mol. The summed E-state index contributed by atoms with van der Waals surface area (Å²) in [5.41, 5.74) is -0.162. The fraction of sp³-hybridized carbons (Fsp3) is 0.500. The van der Waals surface area contributed by atoms with E-state index in [2.05, 4.69) is 5.32 Å². The summed E-state index contributed by atoms with van der Waals surface area (Å²) < 4.78 is 13.7. The molecule has 0 aliphatic heterocycles. The third-order valence-electron chi connectivity index (χ3n) is 2.89. The first-order valence-corrected chi connectivity index (χ1v) is 5.72. The largest absolute Gasteiger partial charge is 0.311 e. The number of benzene rings is 1. The maximum atomic E-state index is 13.7. The second-order valence-corrected chi connectivity index (χ2v) is 4.45. The van der Waals surface area contributed by atoms with Gasteiger partial charge in [0.15, 0.2) is 0 Å². The second-order valence-electron chi connectivity index (χ2n) is 4.45. The monoisotopic (exact) mass is 255 g/mol. The third-order valence-corrected chi connectivity index (χ3v) is 2.89. The Morgan fingerprint density at radius 3 is 2.72 bits per heavy atom. The van der Waals surface area contributed by atoms with Gasteiger partial charge in [-0.25, -0.2) is 0 Å². The van der Waals surface area contributed by atoms with Gasteiger partial charge in [-0.1, -0.05) is 12.1 Å². The predicted molar refractivity (Wildman–Crippen MR) is 67.9 cm³/mol. The molecule has 0 aromatic heterocycles. The minimum Gasteiger partial charge on any atom is -0.311 e. The van der Waals surface area contributed by atoms with Crippen LogP contribution in [0.3, 0.4) is 0 Å². The Labute approximate surface area is 106 Å². The van der Waals surface area contributed by atoms with E-state index in [0.717, 1.165) is 0 Å². The lowest BCUT2D eigenvalue weighted by molar-refractivity contribution is -0.387. The van der Waals surface area contributed by atoms with Crippen LogP contribution in [0.1, 0.15) is 12.5 Å². The van der Waals surface area contributed by atoms with Crippen LogP contribution in [0, 0.1) is 15.9 Å². The molecule has 0 amide bonds. The number of likely N-dealkylation sites (N-methyl/N-ethyl adjacent to an activating group) is 1. The van der Waals surface area contributed by atoms with Crippen LogP contribution in [0.5, 0.6) is 0 Å². The average Bonchev–Trinajstić information content (AvgIpc) is 2.30. The molecule has 0 saturated carbocycles. The molecular weight excluding hydrogens is 237 g/mol. The topological polar surface area (TPSA) is 58.4 Å². The van der Waals surface area contributed by atoms with Crippen molar-refractivity contribution in [3.8, 4) is 0 Å². The number of nitrogens with zero attached hydrogens (tertiary/aromatic N) is 2. The van der Waals surface area contributed by atoms with E-state index in [9.17, 15) is 14.5 Å². The van der Waals surface area contributed by atoms with Crippen LogP contribution in [-0.2, 0) is 6.54 Å². The Morgan fingerprint density at radius 1 is 1.50 bits per heavy atom. The highest BCUT2D eigenvalue weighted by Gasteiger charge is 2.16. The van der Waals surface area contributed by atoms with Crippen LogP contribution in [-0.4, -0.2) is 36.5 Å². The van der Waals surface area contributed by atoms with Crippen molar-refractivity contribution in [2.45, 2.75) is 19.5 Å². The maximum Gasteiger partial charge on any atom is 0.305 e. The minimum absolute atomic E-state index is 0.283. The molecule has 1 atom stereocenters. The molecule has 18 heavy (non-hydrogen) atoms. The van der Waals surface area contributed by atoms with Crippen LogP contribution in [0.2, 0.25) is 0 Å². The SMILES string of the molecule is CC(CNCc1cccc([N+](=O)[O-])c1F)N(C)C. The maximum absolute atomic E-state index is 13.7. The summed E-state index contributed by atoms with van der Waals surface area (Å²) in [6, 6.07) is 4.52. The Hall–Kier alpha value is -1.53. The molecule has 1 unspecified atom stereocenters. The summed E-state index contributed by atoms with van der Waals surface area (Å²) in [4.78, 5) is 11.9. The van der Waals surface area contributed by atoms with Gasteiger partial charge in [0.25, 0.3) is 0 Å². The first kappa shape index (κ1) is 14.5. The fourth-order valence-electron chi connectivity index (χ4n) is 1.44. The van der Waals surface area contributed by atoms with E-state index in [-0.39, 0.29) is 6.54 Å². The highest BCUT2D eigenvalue weighted by atomic mass is 19.1. The fourth-order valence-corrected chi connectivity index (χ4v) is 1.44. The quantitative estimate of drug-likeness (QED) is 0.621. The van der Waals surface area contributed by atoms with Crippen LogP contribution >= 0.6 is 0 Å². The van der Waals surface area contributed by atoms with Gasteiger partial charge in [-0.2, -0.15) is 4.39 Å². The lowest BCUT2D eigenvalue weighted by atomic mass is 10.2. The molecule has 0 aliphatic carbocycles. The summed E-state index contributed by atoms with van der Waals surface area (Å²) in [6.07, 6.45) is 0. The van der Waals surface area contributed by atoms with E-state index in [4.69, 9.17) is 0 Å². The van der Waals surface area contributed by atoms with Gasteiger partial charge >= 0.3 is 5.69 Å². The molecule has 1 N–H and O–H groups in total. The van der Waals surface area contributed by atoms with Crippen molar-refractivity contribution >= 4 is 5.69 Å². The molecule has 1 aromatic carbocycles. The molecule has 100 valence electrons. The molecule has 1 rings (SSSR count). The molecule has 0 spiro atoms. The van der Waals surface area contributed by atoms with E-state index in [1.807, 2.05) is 25.9 Å². The van der Waals surface area contributed by atoms with Crippen LogP contribution < -0.4 is 5.32 Å². The molecule has 5 nitrogen and oxygen atoms in total. The molecule has 0 aliphatic rings. The van der Waals surface area contributed by atoms with E-state index >= 15 is 0 Å². The Bertz CT molecular complexity index is 424. The summed E-state index contributed by atoms with van der Waals surface area (Å²) in [7, 11) is 3.92. The predicted octanol–water partition coefficient (Wildman–Crippen LogP) is 1.77. The lowest BCUT2D eigenvalue weighted by Crippen LogP contribution is -2.35. The van der Waals surface area contributed by atoms with Crippen LogP contribution in [0.15, 0.2) is 18.2 Å². The van der Waals surface area contributed by atoms with Crippen molar-refractivity contribution in [3.05, 3.63) is 39.7 Å². The van der Waals surface area contributed by atoms with Crippen molar-refractivity contribution in [2.24, 2.45) is 0 Å². The zero-order valence-electron chi connectivity index (χ0n) is 10.8. The number of nitro benzene ring substituents is 1. The standard InChI is InChI=1S/C12H18FN3O2/c1-9(15(2)3)7-14-8-10-5-4-6-11(12(10)13)16(17)18/h4-6,9,14H,7-8H2,1-3H3. The number of nitro groups is 1. The summed E-state index contributed by atoms with van der Waals surface area (Å²) in [5.74, 6) is -0.757. The van der Waals surface area contributed by atoms with Crippen molar-refractivity contribution in [3.63, 3.8) is 0 Å². The van der Waals surface area contributed by atoms with Gasteiger partial charge in [-0.15, -0.1) is 0 Å². The van der Waals surface area contributed by atoms with Crippen molar-refractivity contribution in [1.29, 1.82) is 0 Å². The van der Waals surface area contributed by atoms with E-state index < -0.39 is 16.4 Å². The van der Waals surface area contributed by atoms with Gasteiger partial charge in [-0.05, 0) is 21.0 Å². The van der Waals surface area contributed by atoms with Gasteiger partial charge in [0.1, 0.15) is 0 Å². The number of hydrogen-bond donors (Lipinski definition) is 1. The first-order valence-electron chi connectivity index (χ1n) is 5.72. The van der Waals surface area contributed by atoms with Gasteiger partial charge in [-0.3, -0.25) is 10.1 Å². The first-order chi connectivity index (χ1) is 8.43. The molecule has 0 heterocycles. The third kappa shape index (κ3) is 3.75. The number of rotatable bonds is 6. The molecule has 0 bridgehead atoms.